The highest BCUT2D eigenvalue weighted by Gasteiger charge is 2.27. The van der Waals surface area contributed by atoms with Crippen LogP contribution in [0.1, 0.15) is 0 Å². The average Bonchev–Trinajstić information content (AvgIpc) is 2.22. The summed E-state index contributed by atoms with van der Waals surface area (Å²) in [6, 6.07) is 4.04. The SMILES string of the molecule is O=C1COc2ccc(O)cc2N1CC(F)F. The number of anilines is 1. The molecule has 1 aliphatic heterocycles. The van der Waals surface area contributed by atoms with Crippen molar-refractivity contribution in [1.82, 2.24) is 0 Å². The second-order valence-electron chi connectivity index (χ2n) is 3.34. The number of hydrogen-bond donors (Lipinski definition) is 1. The second kappa shape index (κ2) is 3.96. The van der Waals surface area contributed by atoms with Gasteiger partial charge in [-0.25, -0.2) is 8.78 Å². The average molecular weight is 229 g/mol. The van der Waals surface area contributed by atoms with Crippen molar-refractivity contribution in [2.24, 2.45) is 0 Å². The molecule has 1 aromatic carbocycles. The molecule has 2 rings (SSSR count). The zero-order valence-electron chi connectivity index (χ0n) is 8.19. The maximum Gasteiger partial charge on any atom is 0.265 e. The molecule has 0 radical (unpaired) electrons. The van der Waals surface area contributed by atoms with Crippen LogP contribution in [-0.2, 0) is 4.79 Å². The Morgan fingerprint density at radius 1 is 1.50 bits per heavy atom. The fourth-order valence-corrected chi connectivity index (χ4v) is 1.53. The van der Waals surface area contributed by atoms with Crippen LogP contribution in [-0.4, -0.2) is 30.6 Å². The second-order valence-corrected chi connectivity index (χ2v) is 3.34. The number of phenolic OH excluding ortho intramolecular Hbond substituents is 1. The molecule has 16 heavy (non-hydrogen) atoms. The van der Waals surface area contributed by atoms with E-state index in [9.17, 15) is 18.7 Å². The molecular formula is C10H9F2NO3. The summed E-state index contributed by atoms with van der Waals surface area (Å²) in [5, 5.41) is 9.25. The first-order valence-corrected chi connectivity index (χ1v) is 4.62. The van der Waals surface area contributed by atoms with Gasteiger partial charge in [0.15, 0.2) is 6.61 Å². The van der Waals surface area contributed by atoms with Crippen LogP contribution in [0.3, 0.4) is 0 Å². The summed E-state index contributed by atoms with van der Waals surface area (Å²) in [6.45, 7) is -0.955. The van der Waals surface area contributed by atoms with Crippen LogP contribution in [0.25, 0.3) is 0 Å². The molecule has 0 unspecified atom stereocenters. The molecular weight excluding hydrogens is 220 g/mol. The number of phenols is 1. The zero-order chi connectivity index (χ0) is 11.7. The van der Waals surface area contributed by atoms with Crippen LogP contribution in [0.15, 0.2) is 18.2 Å². The van der Waals surface area contributed by atoms with Crippen molar-refractivity contribution in [2.45, 2.75) is 6.43 Å². The van der Waals surface area contributed by atoms with E-state index in [0.29, 0.717) is 5.75 Å². The van der Waals surface area contributed by atoms with Gasteiger partial charge >= 0.3 is 0 Å². The molecule has 0 saturated heterocycles. The smallest absolute Gasteiger partial charge is 0.265 e. The van der Waals surface area contributed by atoms with Crippen LogP contribution in [0, 0.1) is 0 Å². The number of amides is 1. The van der Waals surface area contributed by atoms with Gasteiger partial charge in [0.2, 0.25) is 0 Å². The van der Waals surface area contributed by atoms with Gasteiger partial charge in [0.25, 0.3) is 12.3 Å². The maximum absolute atomic E-state index is 12.3. The topological polar surface area (TPSA) is 49.8 Å². The third-order valence-electron chi connectivity index (χ3n) is 2.21. The Morgan fingerprint density at radius 2 is 2.25 bits per heavy atom. The van der Waals surface area contributed by atoms with Crippen LogP contribution >= 0.6 is 0 Å². The molecule has 0 aromatic heterocycles. The largest absolute Gasteiger partial charge is 0.508 e. The highest BCUT2D eigenvalue weighted by atomic mass is 19.3. The van der Waals surface area contributed by atoms with Crippen LogP contribution in [0.5, 0.6) is 11.5 Å². The van der Waals surface area contributed by atoms with Crippen LogP contribution in [0.4, 0.5) is 14.5 Å². The lowest BCUT2D eigenvalue weighted by molar-refractivity contribution is -0.121. The number of alkyl halides is 2. The molecule has 0 spiro atoms. The summed E-state index contributed by atoms with van der Waals surface area (Å²) >= 11 is 0. The number of carbonyl (C=O) groups is 1. The van der Waals surface area contributed by atoms with Crippen molar-refractivity contribution in [2.75, 3.05) is 18.1 Å². The van der Waals surface area contributed by atoms with Crippen molar-refractivity contribution in [3.63, 3.8) is 0 Å². The normalized spacial score (nSPS) is 14.9. The molecule has 86 valence electrons. The number of rotatable bonds is 2. The molecule has 1 N–H and O–H groups in total. The number of halogens is 2. The molecule has 6 heteroatoms. The Labute approximate surface area is 90.0 Å². The monoisotopic (exact) mass is 229 g/mol. The van der Waals surface area contributed by atoms with Gasteiger partial charge < -0.3 is 14.7 Å². The van der Waals surface area contributed by atoms with Crippen molar-refractivity contribution >= 4 is 11.6 Å². The van der Waals surface area contributed by atoms with Gasteiger partial charge in [-0.15, -0.1) is 0 Å². The lowest BCUT2D eigenvalue weighted by Gasteiger charge is -2.29. The molecule has 0 aliphatic carbocycles. The summed E-state index contributed by atoms with van der Waals surface area (Å²) in [6.07, 6.45) is -2.63. The van der Waals surface area contributed by atoms with Gasteiger partial charge in [0, 0.05) is 6.07 Å². The summed E-state index contributed by atoms with van der Waals surface area (Å²) < 4.78 is 29.6. The van der Waals surface area contributed by atoms with Gasteiger partial charge in [-0.3, -0.25) is 4.79 Å². The fraction of sp³-hybridized carbons (Fsp3) is 0.300. The predicted molar refractivity (Wildman–Crippen MR) is 52.0 cm³/mol. The van der Waals surface area contributed by atoms with Gasteiger partial charge in [-0.2, -0.15) is 0 Å². The number of nitrogens with zero attached hydrogens (tertiary/aromatic N) is 1. The number of ether oxygens (including phenoxy) is 1. The summed E-state index contributed by atoms with van der Waals surface area (Å²) in [5.74, 6) is -0.326. The van der Waals surface area contributed by atoms with E-state index in [1.165, 1.54) is 18.2 Å². The van der Waals surface area contributed by atoms with E-state index >= 15 is 0 Å². The number of benzene rings is 1. The lowest BCUT2D eigenvalue weighted by Crippen LogP contribution is -2.41. The van der Waals surface area contributed by atoms with Crippen molar-refractivity contribution in [3.05, 3.63) is 18.2 Å². The quantitative estimate of drug-likeness (QED) is 0.833. The van der Waals surface area contributed by atoms with E-state index in [1.54, 1.807) is 0 Å². The fourth-order valence-electron chi connectivity index (χ4n) is 1.53. The van der Waals surface area contributed by atoms with Gasteiger partial charge in [0.1, 0.15) is 11.5 Å². The van der Waals surface area contributed by atoms with Crippen LogP contribution in [0.2, 0.25) is 0 Å². The maximum atomic E-state index is 12.3. The molecule has 4 nitrogen and oxygen atoms in total. The number of carbonyl (C=O) groups excluding carboxylic acids is 1. The number of hydrogen-bond acceptors (Lipinski definition) is 3. The Kier molecular flexibility index (Phi) is 2.64. The lowest BCUT2D eigenvalue weighted by atomic mass is 10.2. The Bertz CT molecular complexity index is 423. The minimum Gasteiger partial charge on any atom is -0.508 e. The van der Waals surface area contributed by atoms with E-state index in [1.807, 2.05) is 0 Å². The Morgan fingerprint density at radius 3 is 2.94 bits per heavy atom. The van der Waals surface area contributed by atoms with Gasteiger partial charge in [0.05, 0.1) is 12.2 Å². The van der Waals surface area contributed by atoms with E-state index < -0.39 is 18.9 Å². The standard InChI is InChI=1S/C10H9F2NO3/c11-9(12)4-13-7-3-6(14)1-2-8(7)16-5-10(13)15/h1-3,9,14H,4-5H2. The van der Waals surface area contributed by atoms with E-state index in [0.717, 1.165) is 4.90 Å². The highest BCUT2D eigenvalue weighted by molar-refractivity contribution is 5.98. The van der Waals surface area contributed by atoms with Crippen molar-refractivity contribution in [1.29, 1.82) is 0 Å². The molecule has 0 bridgehead atoms. The van der Waals surface area contributed by atoms with Crippen molar-refractivity contribution in [3.8, 4) is 11.5 Å². The first kappa shape index (κ1) is 10.7. The van der Waals surface area contributed by atoms with Crippen LogP contribution < -0.4 is 9.64 Å². The zero-order valence-corrected chi connectivity index (χ0v) is 8.19. The minimum absolute atomic E-state index is 0.101. The third-order valence-corrected chi connectivity index (χ3v) is 2.21. The Hall–Kier alpha value is -1.85. The molecule has 1 amide bonds. The van der Waals surface area contributed by atoms with E-state index in [2.05, 4.69) is 0 Å². The third kappa shape index (κ3) is 1.91. The summed E-state index contributed by atoms with van der Waals surface area (Å²) in [4.78, 5) is 12.3. The number of fused-ring (bicyclic) bond motifs is 1. The Balaban J connectivity index is 2.38. The van der Waals surface area contributed by atoms with Gasteiger partial charge in [-0.1, -0.05) is 0 Å². The number of aromatic hydroxyl groups is 1. The molecule has 0 atom stereocenters. The summed E-state index contributed by atoms with van der Waals surface area (Å²) in [7, 11) is 0. The van der Waals surface area contributed by atoms with Crippen molar-refractivity contribution < 1.29 is 23.4 Å². The molecule has 0 saturated carbocycles. The molecule has 1 heterocycles. The van der Waals surface area contributed by atoms with Gasteiger partial charge in [-0.05, 0) is 12.1 Å². The van der Waals surface area contributed by atoms with E-state index in [4.69, 9.17) is 4.74 Å². The predicted octanol–water partition coefficient (Wildman–Crippen LogP) is 1.38. The minimum atomic E-state index is -2.63. The first-order chi connectivity index (χ1) is 7.58. The highest BCUT2D eigenvalue weighted by Crippen LogP contribution is 2.35. The first-order valence-electron chi connectivity index (χ1n) is 4.62. The van der Waals surface area contributed by atoms with E-state index in [-0.39, 0.29) is 18.0 Å². The molecule has 0 fully saturated rings. The molecule has 1 aliphatic rings. The molecule has 1 aromatic rings. The summed E-state index contributed by atoms with van der Waals surface area (Å²) in [5.41, 5.74) is 0.177.